The van der Waals surface area contributed by atoms with Crippen LogP contribution in [0.1, 0.15) is 49.4 Å². The van der Waals surface area contributed by atoms with E-state index >= 15 is 0 Å². The van der Waals surface area contributed by atoms with E-state index in [2.05, 4.69) is 20.6 Å². The normalized spacial score (nSPS) is 17.2. The molecule has 1 heterocycles. The molecule has 1 saturated carbocycles. The number of amides is 1. The lowest BCUT2D eigenvalue weighted by molar-refractivity contribution is 0.100. The summed E-state index contributed by atoms with van der Waals surface area (Å²) < 4.78 is 0. The van der Waals surface area contributed by atoms with Gasteiger partial charge in [-0.2, -0.15) is 4.98 Å². The molecule has 0 bridgehead atoms. The molecule has 0 spiro atoms. The number of hydrogen-bond donors (Lipinski definition) is 4. The molecular weight excluding hydrogens is 268 g/mol. The highest BCUT2D eigenvalue weighted by molar-refractivity contribution is 5.97. The molecule has 2 rings (SSSR count). The average Bonchev–Trinajstić information content (AvgIpc) is 2.46. The maximum absolute atomic E-state index is 11.5. The van der Waals surface area contributed by atoms with E-state index in [1.807, 2.05) is 6.92 Å². The van der Waals surface area contributed by atoms with Gasteiger partial charge in [-0.05, 0) is 19.8 Å². The predicted octanol–water partition coefficient (Wildman–Crippen LogP) is 1.08. The van der Waals surface area contributed by atoms with Gasteiger partial charge in [-0.1, -0.05) is 19.3 Å². The number of nitrogens with zero attached hydrogens (tertiary/aromatic N) is 2. The van der Waals surface area contributed by atoms with Gasteiger partial charge in [0, 0.05) is 24.8 Å². The van der Waals surface area contributed by atoms with Crippen molar-refractivity contribution in [2.45, 2.75) is 51.1 Å². The molecule has 0 aromatic carbocycles. The summed E-state index contributed by atoms with van der Waals surface area (Å²) in [6, 6.07) is 0.340. The molecule has 1 atom stereocenters. The molecule has 7 heteroatoms. The number of aromatic nitrogens is 2. The van der Waals surface area contributed by atoms with Gasteiger partial charge in [0.1, 0.15) is 5.82 Å². The molecule has 1 aliphatic rings. The van der Waals surface area contributed by atoms with E-state index in [0.717, 1.165) is 12.8 Å². The van der Waals surface area contributed by atoms with Crippen molar-refractivity contribution >= 4 is 17.7 Å². The minimum Gasteiger partial charge on any atom is -0.367 e. The summed E-state index contributed by atoms with van der Waals surface area (Å²) in [5.74, 6) is 0.444. The molecule has 21 heavy (non-hydrogen) atoms. The van der Waals surface area contributed by atoms with Crippen LogP contribution in [-0.4, -0.2) is 34.5 Å². The molecule has 116 valence electrons. The van der Waals surface area contributed by atoms with Gasteiger partial charge in [0.15, 0.2) is 0 Å². The molecule has 7 nitrogen and oxygen atoms in total. The maximum atomic E-state index is 11.5. The van der Waals surface area contributed by atoms with Crippen molar-refractivity contribution in [2.24, 2.45) is 11.5 Å². The summed E-state index contributed by atoms with van der Waals surface area (Å²) in [6.07, 6.45) is 7.31. The first-order valence-electron chi connectivity index (χ1n) is 7.49. The van der Waals surface area contributed by atoms with Crippen LogP contribution in [0.25, 0.3) is 0 Å². The van der Waals surface area contributed by atoms with Gasteiger partial charge in [0.05, 0.1) is 5.56 Å². The third-order valence-electron chi connectivity index (χ3n) is 3.58. The molecule has 1 unspecified atom stereocenters. The second-order valence-electron chi connectivity index (χ2n) is 5.66. The SMILES string of the molecule is CC(N)CNc1ncc(C(N)=O)c(NC2CCCCC2)n1. The molecular formula is C14H24N6O. The zero-order valence-corrected chi connectivity index (χ0v) is 12.4. The standard InChI is InChI=1S/C14H24N6O/c1-9(15)7-17-14-18-8-11(12(16)21)13(20-14)19-10-5-3-2-4-6-10/h8-10H,2-7,15H2,1H3,(H2,16,21)(H2,17,18,19,20). The Bertz CT molecular complexity index is 484. The largest absolute Gasteiger partial charge is 0.367 e. The van der Waals surface area contributed by atoms with Gasteiger partial charge in [0.25, 0.3) is 5.91 Å². The summed E-state index contributed by atoms with van der Waals surface area (Å²) >= 11 is 0. The van der Waals surface area contributed by atoms with Crippen molar-refractivity contribution < 1.29 is 4.79 Å². The van der Waals surface area contributed by atoms with E-state index in [0.29, 0.717) is 29.9 Å². The number of rotatable bonds is 6. The fourth-order valence-electron chi connectivity index (χ4n) is 2.45. The van der Waals surface area contributed by atoms with Gasteiger partial charge in [-0.25, -0.2) is 4.98 Å². The van der Waals surface area contributed by atoms with E-state index < -0.39 is 5.91 Å². The first-order valence-corrected chi connectivity index (χ1v) is 7.49. The Morgan fingerprint density at radius 1 is 1.43 bits per heavy atom. The highest BCUT2D eigenvalue weighted by Gasteiger charge is 2.18. The molecule has 1 aromatic heterocycles. The average molecular weight is 292 g/mol. The minimum atomic E-state index is -0.521. The summed E-state index contributed by atoms with van der Waals surface area (Å²) in [5.41, 5.74) is 11.4. The van der Waals surface area contributed by atoms with Crippen molar-refractivity contribution in [1.29, 1.82) is 0 Å². The van der Waals surface area contributed by atoms with Gasteiger partial charge < -0.3 is 22.1 Å². The third kappa shape index (κ3) is 4.56. The summed E-state index contributed by atoms with van der Waals surface area (Å²) in [4.78, 5) is 20.0. The van der Waals surface area contributed by atoms with Gasteiger partial charge >= 0.3 is 0 Å². The Hall–Kier alpha value is -1.89. The summed E-state index contributed by atoms with van der Waals surface area (Å²) in [6.45, 7) is 2.46. The van der Waals surface area contributed by atoms with E-state index in [4.69, 9.17) is 11.5 Å². The summed E-state index contributed by atoms with van der Waals surface area (Å²) in [5, 5.41) is 6.38. The first kappa shape index (κ1) is 15.5. The number of carbonyl (C=O) groups is 1. The van der Waals surface area contributed by atoms with Crippen LogP contribution in [0.2, 0.25) is 0 Å². The monoisotopic (exact) mass is 292 g/mol. The third-order valence-corrected chi connectivity index (χ3v) is 3.58. The zero-order chi connectivity index (χ0) is 15.2. The van der Waals surface area contributed by atoms with Gasteiger partial charge in [0.2, 0.25) is 5.95 Å². The molecule has 1 aliphatic carbocycles. The predicted molar refractivity (Wildman–Crippen MR) is 83.2 cm³/mol. The Balaban J connectivity index is 2.13. The Morgan fingerprint density at radius 2 is 2.14 bits per heavy atom. The topological polar surface area (TPSA) is 119 Å². The molecule has 0 aliphatic heterocycles. The first-order chi connectivity index (χ1) is 10.1. The molecule has 1 aromatic rings. The van der Waals surface area contributed by atoms with Gasteiger partial charge in [-0.15, -0.1) is 0 Å². The molecule has 0 saturated heterocycles. The number of nitrogens with two attached hydrogens (primary N) is 2. The van der Waals surface area contributed by atoms with Crippen molar-refractivity contribution in [2.75, 3.05) is 17.2 Å². The van der Waals surface area contributed by atoms with Crippen LogP contribution in [0.4, 0.5) is 11.8 Å². The van der Waals surface area contributed by atoms with Crippen molar-refractivity contribution in [3.05, 3.63) is 11.8 Å². The maximum Gasteiger partial charge on any atom is 0.254 e. The minimum absolute atomic E-state index is 0.000768. The fraction of sp³-hybridized carbons (Fsp3) is 0.643. The van der Waals surface area contributed by atoms with Gasteiger partial charge in [-0.3, -0.25) is 4.79 Å². The number of nitrogens with one attached hydrogen (secondary N) is 2. The van der Waals surface area contributed by atoms with Crippen LogP contribution < -0.4 is 22.1 Å². The molecule has 0 radical (unpaired) electrons. The smallest absolute Gasteiger partial charge is 0.254 e. The Morgan fingerprint density at radius 3 is 2.76 bits per heavy atom. The summed E-state index contributed by atoms with van der Waals surface area (Å²) in [7, 11) is 0. The van der Waals surface area contributed by atoms with Crippen LogP contribution in [0.3, 0.4) is 0 Å². The van der Waals surface area contributed by atoms with Crippen LogP contribution in [0.15, 0.2) is 6.20 Å². The lowest BCUT2D eigenvalue weighted by Crippen LogP contribution is -2.28. The van der Waals surface area contributed by atoms with E-state index in [-0.39, 0.29) is 6.04 Å². The van der Waals surface area contributed by atoms with Crippen molar-refractivity contribution in [3.8, 4) is 0 Å². The van der Waals surface area contributed by atoms with E-state index in [1.54, 1.807) is 0 Å². The number of anilines is 2. The number of carbonyl (C=O) groups excluding carboxylic acids is 1. The fourth-order valence-corrected chi connectivity index (χ4v) is 2.45. The second kappa shape index (κ2) is 7.21. The Labute approximate surface area is 124 Å². The van der Waals surface area contributed by atoms with E-state index in [1.165, 1.54) is 25.5 Å². The lowest BCUT2D eigenvalue weighted by atomic mass is 9.95. The zero-order valence-electron chi connectivity index (χ0n) is 12.4. The molecule has 1 amide bonds. The number of primary amides is 1. The van der Waals surface area contributed by atoms with Crippen LogP contribution >= 0.6 is 0 Å². The van der Waals surface area contributed by atoms with E-state index in [9.17, 15) is 4.79 Å². The van der Waals surface area contributed by atoms with Crippen molar-refractivity contribution in [3.63, 3.8) is 0 Å². The Kier molecular flexibility index (Phi) is 5.32. The number of hydrogen-bond acceptors (Lipinski definition) is 6. The quantitative estimate of drug-likeness (QED) is 0.623. The molecule has 1 fully saturated rings. The highest BCUT2D eigenvalue weighted by atomic mass is 16.1. The van der Waals surface area contributed by atoms with Crippen LogP contribution in [0, 0.1) is 0 Å². The van der Waals surface area contributed by atoms with Crippen LogP contribution in [-0.2, 0) is 0 Å². The molecule has 6 N–H and O–H groups in total. The van der Waals surface area contributed by atoms with Crippen LogP contribution in [0.5, 0.6) is 0 Å². The highest BCUT2D eigenvalue weighted by Crippen LogP contribution is 2.23. The second-order valence-corrected chi connectivity index (χ2v) is 5.66. The lowest BCUT2D eigenvalue weighted by Gasteiger charge is -2.24. The van der Waals surface area contributed by atoms with Crippen molar-refractivity contribution in [1.82, 2.24) is 9.97 Å².